The Bertz CT molecular complexity index is 624. The van der Waals surface area contributed by atoms with Gasteiger partial charge in [0.25, 0.3) is 5.69 Å². The molecule has 0 heterocycles. The summed E-state index contributed by atoms with van der Waals surface area (Å²) in [6.45, 7) is 0. The lowest BCUT2D eigenvalue weighted by Gasteiger charge is -2.23. The third kappa shape index (κ3) is 2.61. The van der Waals surface area contributed by atoms with Crippen molar-refractivity contribution in [2.75, 3.05) is 12.8 Å². The van der Waals surface area contributed by atoms with Crippen LogP contribution >= 0.6 is 0 Å². The molecule has 1 aliphatic rings. The molecule has 0 spiro atoms. The van der Waals surface area contributed by atoms with Gasteiger partial charge in [-0.25, -0.2) is 8.42 Å². The Kier molecular flexibility index (Phi) is 3.96. The largest absolute Gasteiger partial charge is 0.399 e. The van der Waals surface area contributed by atoms with Crippen molar-refractivity contribution in [1.82, 2.24) is 4.31 Å². The summed E-state index contributed by atoms with van der Waals surface area (Å²) in [6.07, 6.45) is 3.52. The van der Waals surface area contributed by atoms with Gasteiger partial charge in [0.15, 0.2) is 4.90 Å². The molecule has 20 heavy (non-hydrogen) atoms. The number of rotatable bonds is 4. The van der Waals surface area contributed by atoms with Gasteiger partial charge >= 0.3 is 0 Å². The van der Waals surface area contributed by atoms with E-state index in [1.54, 1.807) is 0 Å². The lowest BCUT2D eigenvalue weighted by molar-refractivity contribution is -0.387. The van der Waals surface area contributed by atoms with Crippen LogP contribution in [0.2, 0.25) is 0 Å². The number of hydrogen-bond donors (Lipinski definition) is 1. The second-order valence-electron chi connectivity index (χ2n) is 4.94. The lowest BCUT2D eigenvalue weighted by atomic mass is 10.3. The third-order valence-corrected chi connectivity index (χ3v) is 5.62. The van der Waals surface area contributed by atoms with Crippen molar-refractivity contribution < 1.29 is 13.3 Å². The average molecular weight is 299 g/mol. The van der Waals surface area contributed by atoms with E-state index >= 15 is 0 Å². The van der Waals surface area contributed by atoms with E-state index in [9.17, 15) is 18.5 Å². The molecule has 0 radical (unpaired) electrons. The summed E-state index contributed by atoms with van der Waals surface area (Å²) < 4.78 is 26.4. The molecule has 0 saturated heterocycles. The van der Waals surface area contributed by atoms with E-state index in [-0.39, 0.29) is 16.6 Å². The van der Waals surface area contributed by atoms with Gasteiger partial charge < -0.3 is 5.73 Å². The Morgan fingerprint density at radius 1 is 1.35 bits per heavy atom. The highest BCUT2D eigenvalue weighted by atomic mass is 32.2. The minimum Gasteiger partial charge on any atom is -0.399 e. The summed E-state index contributed by atoms with van der Waals surface area (Å²) in [5, 5.41) is 11.0. The van der Waals surface area contributed by atoms with Gasteiger partial charge in [0.1, 0.15) is 0 Å². The van der Waals surface area contributed by atoms with Gasteiger partial charge in [-0.2, -0.15) is 4.31 Å². The van der Waals surface area contributed by atoms with Crippen molar-refractivity contribution in [2.24, 2.45) is 0 Å². The molecular formula is C12H17N3O4S. The van der Waals surface area contributed by atoms with Crippen LogP contribution in [-0.4, -0.2) is 30.7 Å². The molecule has 2 rings (SSSR count). The summed E-state index contributed by atoms with van der Waals surface area (Å²) in [4.78, 5) is 9.97. The SMILES string of the molecule is CN(C1CCCC1)S(=O)(=O)c1cc(N)ccc1[N+](=O)[O-]. The number of sulfonamides is 1. The standard InChI is InChI=1S/C12H17N3O4S/c1-14(10-4-2-3-5-10)20(18,19)12-8-9(13)6-7-11(12)15(16)17/h6-8,10H,2-5,13H2,1H3. The zero-order valence-electron chi connectivity index (χ0n) is 11.2. The van der Waals surface area contributed by atoms with Crippen LogP contribution in [0.5, 0.6) is 0 Å². The number of benzene rings is 1. The van der Waals surface area contributed by atoms with Crippen molar-refractivity contribution in [3.05, 3.63) is 28.3 Å². The monoisotopic (exact) mass is 299 g/mol. The number of nitrogens with zero attached hydrogens (tertiary/aromatic N) is 2. The quantitative estimate of drug-likeness (QED) is 0.517. The summed E-state index contributed by atoms with van der Waals surface area (Å²) >= 11 is 0. The summed E-state index contributed by atoms with van der Waals surface area (Å²) in [6, 6.07) is 3.51. The third-order valence-electron chi connectivity index (χ3n) is 3.68. The molecule has 0 bridgehead atoms. The van der Waals surface area contributed by atoms with Crippen molar-refractivity contribution in [3.8, 4) is 0 Å². The van der Waals surface area contributed by atoms with Crippen LogP contribution in [0.4, 0.5) is 11.4 Å². The Morgan fingerprint density at radius 3 is 2.50 bits per heavy atom. The predicted molar refractivity (Wildman–Crippen MR) is 74.7 cm³/mol. The highest BCUT2D eigenvalue weighted by Crippen LogP contribution is 2.32. The fourth-order valence-corrected chi connectivity index (χ4v) is 4.11. The molecule has 0 amide bonds. The second-order valence-corrected chi connectivity index (χ2v) is 6.91. The van der Waals surface area contributed by atoms with E-state index in [1.807, 2.05) is 0 Å². The zero-order chi connectivity index (χ0) is 14.9. The van der Waals surface area contributed by atoms with Gasteiger partial charge in [0.2, 0.25) is 10.0 Å². The van der Waals surface area contributed by atoms with Gasteiger partial charge in [0.05, 0.1) is 4.92 Å². The Hall–Kier alpha value is -1.67. The topological polar surface area (TPSA) is 107 Å². The molecule has 0 unspecified atom stereocenters. The van der Waals surface area contributed by atoms with Crippen molar-refractivity contribution in [3.63, 3.8) is 0 Å². The second kappa shape index (κ2) is 5.37. The number of nitrogen functional groups attached to an aromatic ring is 1. The molecule has 1 aliphatic carbocycles. The summed E-state index contributed by atoms with van der Waals surface area (Å²) in [5.41, 5.74) is 5.32. The molecule has 1 fully saturated rings. The minimum absolute atomic E-state index is 0.0963. The number of nitrogens with two attached hydrogens (primary N) is 1. The van der Waals surface area contributed by atoms with E-state index in [2.05, 4.69) is 0 Å². The Morgan fingerprint density at radius 2 is 1.95 bits per heavy atom. The van der Waals surface area contributed by atoms with Crippen LogP contribution in [0.1, 0.15) is 25.7 Å². The first kappa shape index (κ1) is 14.7. The highest BCUT2D eigenvalue weighted by molar-refractivity contribution is 7.89. The molecule has 1 saturated carbocycles. The van der Waals surface area contributed by atoms with Crippen LogP contribution in [0.25, 0.3) is 0 Å². The van der Waals surface area contributed by atoms with Gasteiger partial charge in [0, 0.05) is 24.8 Å². The van der Waals surface area contributed by atoms with Gasteiger partial charge in [-0.1, -0.05) is 12.8 Å². The molecule has 0 aromatic heterocycles. The summed E-state index contributed by atoms with van der Waals surface area (Å²) in [5.74, 6) is 0. The van der Waals surface area contributed by atoms with E-state index in [4.69, 9.17) is 5.73 Å². The lowest BCUT2D eigenvalue weighted by Crippen LogP contribution is -2.35. The van der Waals surface area contributed by atoms with Gasteiger partial charge in [-0.15, -0.1) is 0 Å². The number of nitro benzene ring substituents is 1. The van der Waals surface area contributed by atoms with Gasteiger partial charge in [-0.05, 0) is 25.0 Å². The first-order valence-corrected chi connectivity index (χ1v) is 7.80. The molecule has 1 aromatic rings. The Labute approximate surface area is 117 Å². The van der Waals surface area contributed by atoms with E-state index in [0.717, 1.165) is 37.8 Å². The fourth-order valence-electron chi connectivity index (χ4n) is 2.51. The van der Waals surface area contributed by atoms with E-state index in [1.165, 1.54) is 17.4 Å². The van der Waals surface area contributed by atoms with Gasteiger partial charge in [-0.3, -0.25) is 10.1 Å². The molecule has 8 heteroatoms. The molecule has 1 aromatic carbocycles. The predicted octanol–water partition coefficient (Wildman–Crippen LogP) is 1.74. The highest BCUT2D eigenvalue weighted by Gasteiger charge is 2.34. The fraction of sp³-hybridized carbons (Fsp3) is 0.500. The van der Waals surface area contributed by atoms with Crippen LogP contribution in [0, 0.1) is 10.1 Å². The van der Waals surface area contributed by atoms with Crippen molar-refractivity contribution in [2.45, 2.75) is 36.6 Å². The zero-order valence-corrected chi connectivity index (χ0v) is 12.0. The molecule has 110 valence electrons. The summed E-state index contributed by atoms with van der Waals surface area (Å²) in [7, 11) is -2.44. The van der Waals surface area contributed by atoms with E-state index < -0.39 is 20.6 Å². The maximum absolute atomic E-state index is 12.6. The number of hydrogen-bond acceptors (Lipinski definition) is 5. The van der Waals surface area contributed by atoms with Crippen molar-refractivity contribution >= 4 is 21.4 Å². The molecule has 0 atom stereocenters. The van der Waals surface area contributed by atoms with Crippen LogP contribution in [0.3, 0.4) is 0 Å². The maximum atomic E-state index is 12.6. The molecule has 7 nitrogen and oxygen atoms in total. The molecular weight excluding hydrogens is 282 g/mol. The maximum Gasteiger partial charge on any atom is 0.289 e. The van der Waals surface area contributed by atoms with Crippen LogP contribution < -0.4 is 5.73 Å². The first-order valence-electron chi connectivity index (χ1n) is 6.36. The number of anilines is 1. The average Bonchev–Trinajstić information content (AvgIpc) is 2.91. The van der Waals surface area contributed by atoms with E-state index in [0.29, 0.717) is 0 Å². The van der Waals surface area contributed by atoms with Crippen molar-refractivity contribution in [1.29, 1.82) is 0 Å². The van der Waals surface area contributed by atoms with Crippen LogP contribution in [0.15, 0.2) is 23.1 Å². The smallest absolute Gasteiger partial charge is 0.289 e. The first-order chi connectivity index (χ1) is 9.34. The minimum atomic E-state index is -3.91. The Balaban J connectivity index is 2.47. The number of nitro groups is 1. The molecule has 2 N–H and O–H groups in total. The normalized spacial score (nSPS) is 16.7. The molecule has 0 aliphatic heterocycles. The van der Waals surface area contributed by atoms with Crippen LogP contribution in [-0.2, 0) is 10.0 Å².